The zero-order valence-electron chi connectivity index (χ0n) is 15.5. The average Bonchev–Trinajstić information content (AvgIpc) is 3.12. The number of aromatic nitrogens is 1. The van der Waals surface area contributed by atoms with Gasteiger partial charge < -0.3 is 9.88 Å². The lowest BCUT2D eigenvalue weighted by atomic mass is 9.95. The highest BCUT2D eigenvalue weighted by molar-refractivity contribution is 6.09. The van der Waals surface area contributed by atoms with Crippen molar-refractivity contribution in [3.05, 3.63) is 58.9 Å². The standard InChI is InChI=1S/C22H25N3O/c1-16-8-9-20(12-17(16)2)24-22(26)19(14-23)13-18-10-11-25(15-18)21-6-4-3-5-7-21/h8-13,15,21H,3-7H2,1-2H3,(H,24,26)/b19-13+. The van der Waals surface area contributed by atoms with Crippen molar-refractivity contribution in [2.24, 2.45) is 0 Å². The van der Waals surface area contributed by atoms with E-state index in [0.29, 0.717) is 11.7 Å². The average molecular weight is 347 g/mol. The second kappa shape index (κ2) is 8.05. The molecule has 1 amide bonds. The van der Waals surface area contributed by atoms with Gasteiger partial charge in [0.05, 0.1) is 0 Å². The molecule has 0 bridgehead atoms. The van der Waals surface area contributed by atoms with Crippen molar-refractivity contribution in [3.63, 3.8) is 0 Å². The quantitative estimate of drug-likeness (QED) is 0.614. The second-order valence-corrected chi connectivity index (χ2v) is 7.11. The van der Waals surface area contributed by atoms with Crippen LogP contribution in [0.15, 0.2) is 42.2 Å². The topological polar surface area (TPSA) is 57.8 Å². The van der Waals surface area contributed by atoms with Gasteiger partial charge in [0.1, 0.15) is 11.6 Å². The van der Waals surface area contributed by atoms with E-state index in [1.54, 1.807) is 6.08 Å². The molecule has 1 saturated carbocycles. The van der Waals surface area contributed by atoms with Crippen molar-refractivity contribution in [2.75, 3.05) is 5.32 Å². The molecule has 1 fully saturated rings. The zero-order valence-corrected chi connectivity index (χ0v) is 15.5. The van der Waals surface area contributed by atoms with Crippen LogP contribution in [-0.2, 0) is 4.79 Å². The van der Waals surface area contributed by atoms with E-state index in [2.05, 4.69) is 16.1 Å². The molecule has 0 atom stereocenters. The lowest BCUT2D eigenvalue weighted by molar-refractivity contribution is -0.112. The molecular weight excluding hydrogens is 322 g/mol. The number of anilines is 1. The highest BCUT2D eigenvalue weighted by Gasteiger charge is 2.15. The van der Waals surface area contributed by atoms with Crippen LogP contribution in [0.25, 0.3) is 6.08 Å². The number of amides is 1. The predicted molar refractivity (Wildman–Crippen MR) is 105 cm³/mol. The largest absolute Gasteiger partial charge is 0.351 e. The van der Waals surface area contributed by atoms with Crippen LogP contribution in [0.3, 0.4) is 0 Å². The first kappa shape index (κ1) is 18.0. The normalized spacial score (nSPS) is 15.5. The minimum atomic E-state index is -0.374. The van der Waals surface area contributed by atoms with E-state index in [-0.39, 0.29) is 11.5 Å². The van der Waals surface area contributed by atoms with Gasteiger partial charge in [0.2, 0.25) is 0 Å². The van der Waals surface area contributed by atoms with Gasteiger partial charge in [-0.3, -0.25) is 4.79 Å². The van der Waals surface area contributed by atoms with E-state index in [9.17, 15) is 10.1 Å². The smallest absolute Gasteiger partial charge is 0.266 e. The maximum Gasteiger partial charge on any atom is 0.266 e. The molecule has 4 nitrogen and oxygen atoms in total. The maximum atomic E-state index is 12.4. The van der Waals surface area contributed by atoms with E-state index >= 15 is 0 Å². The Balaban J connectivity index is 1.73. The molecule has 0 radical (unpaired) electrons. The van der Waals surface area contributed by atoms with Gasteiger partial charge in [-0.1, -0.05) is 25.3 Å². The van der Waals surface area contributed by atoms with Gasteiger partial charge in [-0.25, -0.2) is 0 Å². The van der Waals surface area contributed by atoms with Crippen molar-refractivity contribution >= 4 is 17.7 Å². The van der Waals surface area contributed by atoms with Gasteiger partial charge >= 0.3 is 0 Å². The number of nitrogens with zero attached hydrogens (tertiary/aromatic N) is 2. The molecule has 0 spiro atoms. The van der Waals surface area contributed by atoms with E-state index in [4.69, 9.17) is 0 Å². The monoisotopic (exact) mass is 347 g/mol. The molecule has 1 aromatic heterocycles. The molecule has 1 N–H and O–H groups in total. The third kappa shape index (κ3) is 4.23. The number of rotatable bonds is 4. The van der Waals surface area contributed by atoms with Gasteiger partial charge in [-0.2, -0.15) is 5.26 Å². The summed E-state index contributed by atoms with van der Waals surface area (Å²) < 4.78 is 2.22. The molecule has 1 aromatic carbocycles. The second-order valence-electron chi connectivity index (χ2n) is 7.11. The summed E-state index contributed by atoms with van der Waals surface area (Å²) in [4.78, 5) is 12.4. The van der Waals surface area contributed by atoms with Gasteiger partial charge in [0.15, 0.2) is 0 Å². The Morgan fingerprint density at radius 2 is 1.96 bits per heavy atom. The Labute approximate surface area is 155 Å². The number of aryl methyl sites for hydroxylation is 2. The number of carbonyl (C=O) groups is 1. The maximum absolute atomic E-state index is 12.4. The molecule has 1 aliphatic rings. The molecule has 1 aliphatic carbocycles. The fraction of sp³-hybridized carbons (Fsp3) is 0.364. The van der Waals surface area contributed by atoms with Gasteiger partial charge in [0, 0.05) is 24.1 Å². The summed E-state index contributed by atoms with van der Waals surface area (Å²) in [6.07, 6.45) is 12.0. The number of carbonyl (C=O) groups excluding carboxylic acids is 1. The van der Waals surface area contributed by atoms with Crippen LogP contribution in [0.4, 0.5) is 5.69 Å². The first-order chi connectivity index (χ1) is 12.6. The molecule has 26 heavy (non-hydrogen) atoms. The molecule has 2 aromatic rings. The van der Waals surface area contributed by atoms with Crippen LogP contribution in [0.1, 0.15) is 54.8 Å². The Hall–Kier alpha value is -2.80. The van der Waals surface area contributed by atoms with Crippen molar-refractivity contribution in [3.8, 4) is 6.07 Å². The fourth-order valence-corrected chi connectivity index (χ4v) is 3.45. The molecule has 134 valence electrons. The van der Waals surface area contributed by atoms with E-state index in [0.717, 1.165) is 11.1 Å². The minimum Gasteiger partial charge on any atom is -0.351 e. The summed E-state index contributed by atoms with van der Waals surface area (Å²) in [5, 5.41) is 12.2. The molecular formula is C22H25N3O. The SMILES string of the molecule is Cc1ccc(NC(=O)/C(C#N)=C/c2ccn(C3CCCCC3)c2)cc1C. The van der Waals surface area contributed by atoms with Gasteiger partial charge in [-0.15, -0.1) is 0 Å². The molecule has 0 unspecified atom stereocenters. The van der Waals surface area contributed by atoms with Crippen LogP contribution < -0.4 is 5.32 Å². The van der Waals surface area contributed by atoms with Crippen LogP contribution in [0.5, 0.6) is 0 Å². The van der Waals surface area contributed by atoms with Crippen molar-refractivity contribution in [1.82, 2.24) is 4.57 Å². The molecule has 4 heteroatoms. The van der Waals surface area contributed by atoms with Crippen molar-refractivity contribution in [1.29, 1.82) is 5.26 Å². The van der Waals surface area contributed by atoms with Crippen LogP contribution in [0, 0.1) is 25.2 Å². The Morgan fingerprint density at radius 1 is 1.19 bits per heavy atom. The number of benzene rings is 1. The van der Waals surface area contributed by atoms with Crippen molar-refractivity contribution in [2.45, 2.75) is 52.0 Å². The number of hydrogen-bond acceptors (Lipinski definition) is 2. The Bertz CT molecular complexity index is 864. The molecule has 1 heterocycles. The van der Waals surface area contributed by atoms with E-state index < -0.39 is 0 Å². The first-order valence-corrected chi connectivity index (χ1v) is 9.24. The summed E-state index contributed by atoms with van der Waals surface area (Å²) in [7, 11) is 0. The van der Waals surface area contributed by atoms with Crippen molar-refractivity contribution < 1.29 is 4.79 Å². The van der Waals surface area contributed by atoms with Crippen LogP contribution >= 0.6 is 0 Å². The fourth-order valence-electron chi connectivity index (χ4n) is 3.45. The number of nitrogens with one attached hydrogen (secondary N) is 1. The zero-order chi connectivity index (χ0) is 18.5. The Morgan fingerprint density at radius 3 is 2.65 bits per heavy atom. The number of hydrogen-bond donors (Lipinski definition) is 1. The summed E-state index contributed by atoms with van der Waals surface area (Å²) in [6.45, 7) is 4.03. The summed E-state index contributed by atoms with van der Waals surface area (Å²) in [6, 6.07) is 10.3. The molecule has 0 aliphatic heterocycles. The van der Waals surface area contributed by atoms with Gasteiger partial charge in [0.25, 0.3) is 5.91 Å². The third-order valence-electron chi connectivity index (χ3n) is 5.17. The van der Waals surface area contributed by atoms with Crippen LogP contribution in [-0.4, -0.2) is 10.5 Å². The highest BCUT2D eigenvalue weighted by atomic mass is 16.1. The molecule has 0 saturated heterocycles. The van der Waals surface area contributed by atoms with E-state index in [1.807, 2.05) is 50.4 Å². The first-order valence-electron chi connectivity index (χ1n) is 9.24. The summed E-state index contributed by atoms with van der Waals surface area (Å²) in [5.41, 5.74) is 3.99. The minimum absolute atomic E-state index is 0.115. The summed E-state index contributed by atoms with van der Waals surface area (Å²) in [5.74, 6) is -0.374. The highest BCUT2D eigenvalue weighted by Crippen LogP contribution is 2.28. The predicted octanol–water partition coefficient (Wildman–Crippen LogP) is 5.16. The van der Waals surface area contributed by atoms with Crippen LogP contribution in [0.2, 0.25) is 0 Å². The summed E-state index contributed by atoms with van der Waals surface area (Å²) >= 11 is 0. The number of nitriles is 1. The Kier molecular flexibility index (Phi) is 5.58. The molecule has 3 rings (SSSR count). The van der Waals surface area contributed by atoms with E-state index in [1.165, 1.54) is 37.7 Å². The van der Waals surface area contributed by atoms with Gasteiger partial charge in [-0.05, 0) is 67.7 Å². The third-order valence-corrected chi connectivity index (χ3v) is 5.17. The lowest BCUT2D eigenvalue weighted by Crippen LogP contribution is -2.13. The lowest BCUT2D eigenvalue weighted by Gasteiger charge is -2.23.